The van der Waals surface area contributed by atoms with Gasteiger partial charge in [0.25, 0.3) is 0 Å². The van der Waals surface area contributed by atoms with E-state index in [1.165, 1.54) is 7.11 Å². The molecule has 0 aromatic heterocycles. The van der Waals surface area contributed by atoms with Gasteiger partial charge in [0.2, 0.25) is 0 Å². The highest BCUT2D eigenvalue weighted by Gasteiger charge is 2.36. The molecule has 0 saturated carbocycles. The van der Waals surface area contributed by atoms with Gasteiger partial charge in [-0.05, 0) is 6.92 Å². The molecular formula is C7H11NO4. The Hall–Kier alpha value is -1.10. The van der Waals surface area contributed by atoms with Crippen LogP contribution in [0.1, 0.15) is 6.92 Å². The highest BCUT2D eigenvalue weighted by molar-refractivity contribution is 6.32. The van der Waals surface area contributed by atoms with E-state index in [0.717, 1.165) is 0 Å². The third kappa shape index (κ3) is 1.73. The molecule has 12 heavy (non-hydrogen) atoms. The topological polar surface area (TPSA) is 64.6 Å². The monoisotopic (exact) mass is 173 g/mol. The van der Waals surface area contributed by atoms with Crippen LogP contribution >= 0.6 is 0 Å². The first-order valence-corrected chi connectivity index (χ1v) is 3.56. The molecule has 5 nitrogen and oxygen atoms in total. The normalized spacial score (nSPS) is 19.2. The fourth-order valence-electron chi connectivity index (χ4n) is 0.898. The van der Waals surface area contributed by atoms with Crippen LogP contribution in [-0.4, -0.2) is 37.7 Å². The van der Waals surface area contributed by atoms with Crippen molar-refractivity contribution < 1.29 is 19.1 Å². The number of carbonyl (C=O) groups is 2. The molecule has 1 N–H and O–H groups in total. The minimum Gasteiger partial charge on any atom is -0.462 e. The van der Waals surface area contributed by atoms with E-state index in [-0.39, 0.29) is 0 Å². The molecule has 0 atom stereocenters. The van der Waals surface area contributed by atoms with Gasteiger partial charge in [0.15, 0.2) is 0 Å². The average Bonchev–Trinajstić information content (AvgIpc) is 2.00. The van der Waals surface area contributed by atoms with Gasteiger partial charge in [0.1, 0.15) is 0 Å². The second-order valence-electron chi connectivity index (χ2n) is 3.00. The lowest BCUT2D eigenvalue weighted by Gasteiger charge is -2.38. The van der Waals surface area contributed by atoms with Gasteiger partial charge >= 0.3 is 11.9 Å². The lowest BCUT2D eigenvalue weighted by atomic mass is 10.0. The summed E-state index contributed by atoms with van der Waals surface area (Å²) in [5.74, 6) is -1.59. The Morgan fingerprint density at radius 3 is 2.42 bits per heavy atom. The predicted molar refractivity (Wildman–Crippen MR) is 39.4 cm³/mol. The molecule has 0 aromatic rings. The van der Waals surface area contributed by atoms with Gasteiger partial charge in [-0.2, -0.15) is 0 Å². The first-order chi connectivity index (χ1) is 5.57. The van der Waals surface area contributed by atoms with E-state index in [4.69, 9.17) is 4.74 Å². The summed E-state index contributed by atoms with van der Waals surface area (Å²) in [4.78, 5) is 21.6. The van der Waals surface area contributed by atoms with Crippen molar-refractivity contribution in [2.75, 3.05) is 20.3 Å². The van der Waals surface area contributed by atoms with Crippen molar-refractivity contribution in [3.63, 3.8) is 0 Å². The molecule has 0 unspecified atom stereocenters. The second kappa shape index (κ2) is 3.10. The standard InChI is InChI=1S/C7H11NO4/c1-7(3-12-4-7)8-5(9)6(10)11-2/h3-4H2,1-2H3,(H,8,9). The number of rotatable bonds is 1. The van der Waals surface area contributed by atoms with Gasteiger partial charge in [-0.15, -0.1) is 0 Å². The number of amides is 1. The van der Waals surface area contributed by atoms with Crippen LogP contribution in [0.25, 0.3) is 0 Å². The largest absolute Gasteiger partial charge is 0.462 e. The zero-order valence-corrected chi connectivity index (χ0v) is 7.05. The van der Waals surface area contributed by atoms with E-state index < -0.39 is 17.4 Å². The molecule has 1 amide bonds. The van der Waals surface area contributed by atoms with Gasteiger partial charge in [0, 0.05) is 0 Å². The molecule has 1 rings (SSSR count). The van der Waals surface area contributed by atoms with Crippen LogP contribution in [0.5, 0.6) is 0 Å². The van der Waals surface area contributed by atoms with E-state index in [0.29, 0.717) is 13.2 Å². The van der Waals surface area contributed by atoms with E-state index in [2.05, 4.69) is 10.1 Å². The summed E-state index contributed by atoms with van der Waals surface area (Å²) in [7, 11) is 1.17. The molecule has 0 spiro atoms. The van der Waals surface area contributed by atoms with Gasteiger partial charge in [-0.3, -0.25) is 4.79 Å². The van der Waals surface area contributed by atoms with E-state index in [9.17, 15) is 9.59 Å². The van der Waals surface area contributed by atoms with Crippen molar-refractivity contribution >= 4 is 11.9 Å². The van der Waals surface area contributed by atoms with E-state index in [1.807, 2.05) is 0 Å². The highest BCUT2D eigenvalue weighted by Crippen LogP contribution is 2.14. The third-order valence-corrected chi connectivity index (χ3v) is 1.63. The Balaban J connectivity index is 2.40. The summed E-state index contributed by atoms with van der Waals surface area (Å²) in [5.41, 5.74) is -0.398. The molecule has 0 bridgehead atoms. The van der Waals surface area contributed by atoms with Crippen molar-refractivity contribution in [2.45, 2.75) is 12.5 Å². The number of hydrogen-bond donors (Lipinski definition) is 1. The molecule has 0 radical (unpaired) electrons. The SMILES string of the molecule is COC(=O)C(=O)NC1(C)COC1. The van der Waals surface area contributed by atoms with Crippen molar-refractivity contribution in [3.05, 3.63) is 0 Å². The predicted octanol–water partition coefficient (Wildman–Crippen LogP) is -0.935. The second-order valence-corrected chi connectivity index (χ2v) is 3.00. The first-order valence-electron chi connectivity index (χ1n) is 3.56. The molecule has 1 aliphatic rings. The highest BCUT2D eigenvalue weighted by atomic mass is 16.5. The molecule has 0 aliphatic carbocycles. The maximum absolute atomic E-state index is 10.9. The number of nitrogens with one attached hydrogen (secondary N) is 1. The summed E-state index contributed by atoms with van der Waals surface area (Å²) in [6.45, 7) is 2.68. The Kier molecular flexibility index (Phi) is 2.32. The van der Waals surface area contributed by atoms with Gasteiger partial charge in [0.05, 0.1) is 25.9 Å². The quantitative estimate of drug-likeness (QED) is 0.411. The summed E-state index contributed by atoms with van der Waals surface area (Å²) in [6, 6.07) is 0. The summed E-state index contributed by atoms with van der Waals surface area (Å²) in [5, 5.41) is 2.50. The van der Waals surface area contributed by atoms with Gasteiger partial charge in [-0.25, -0.2) is 4.79 Å². The molecule has 68 valence electrons. The summed E-state index contributed by atoms with van der Waals surface area (Å²) < 4.78 is 9.12. The number of carbonyl (C=O) groups excluding carboxylic acids is 2. The van der Waals surface area contributed by atoms with Crippen molar-refractivity contribution in [1.29, 1.82) is 0 Å². The lowest BCUT2D eigenvalue weighted by Crippen LogP contribution is -2.61. The number of esters is 1. The van der Waals surface area contributed by atoms with E-state index >= 15 is 0 Å². The van der Waals surface area contributed by atoms with Crippen LogP contribution in [0.4, 0.5) is 0 Å². The minimum atomic E-state index is -0.872. The third-order valence-electron chi connectivity index (χ3n) is 1.63. The number of hydrogen-bond acceptors (Lipinski definition) is 4. The summed E-state index contributed by atoms with van der Waals surface area (Å²) in [6.07, 6.45) is 0. The fraction of sp³-hybridized carbons (Fsp3) is 0.714. The molecule has 0 aromatic carbocycles. The van der Waals surface area contributed by atoms with Gasteiger partial charge < -0.3 is 14.8 Å². The van der Waals surface area contributed by atoms with Crippen LogP contribution in [0, 0.1) is 0 Å². The van der Waals surface area contributed by atoms with Crippen molar-refractivity contribution in [1.82, 2.24) is 5.32 Å². The number of methoxy groups -OCH3 is 1. The molecule has 1 saturated heterocycles. The smallest absolute Gasteiger partial charge is 0.396 e. The zero-order chi connectivity index (χ0) is 9.19. The maximum atomic E-state index is 10.9. The Labute approximate surface area is 70.0 Å². The number of ether oxygens (including phenoxy) is 2. The molecule has 1 aliphatic heterocycles. The molecule has 5 heteroatoms. The van der Waals surface area contributed by atoms with Crippen LogP contribution in [0.3, 0.4) is 0 Å². The van der Waals surface area contributed by atoms with Crippen LogP contribution < -0.4 is 5.32 Å². The minimum absolute atomic E-state index is 0.398. The van der Waals surface area contributed by atoms with Crippen LogP contribution in [-0.2, 0) is 19.1 Å². The van der Waals surface area contributed by atoms with Gasteiger partial charge in [-0.1, -0.05) is 0 Å². The van der Waals surface area contributed by atoms with E-state index in [1.54, 1.807) is 6.92 Å². The van der Waals surface area contributed by atoms with Crippen LogP contribution in [0.2, 0.25) is 0 Å². The van der Waals surface area contributed by atoms with Crippen molar-refractivity contribution in [3.8, 4) is 0 Å². The Bertz CT molecular complexity index is 209. The fourth-order valence-corrected chi connectivity index (χ4v) is 0.898. The summed E-state index contributed by atoms with van der Waals surface area (Å²) >= 11 is 0. The maximum Gasteiger partial charge on any atom is 0.396 e. The first kappa shape index (κ1) is 8.99. The Morgan fingerprint density at radius 1 is 1.50 bits per heavy atom. The average molecular weight is 173 g/mol. The molecular weight excluding hydrogens is 162 g/mol. The molecule has 1 fully saturated rings. The lowest BCUT2D eigenvalue weighted by molar-refractivity contribution is -0.156. The zero-order valence-electron chi connectivity index (χ0n) is 7.05. The van der Waals surface area contributed by atoms with Crippen LogP contribution in [0.15, 0.2) is 0 Å². The Morgan fingerprint density at radius 2 is 2.08 bits per heavy atom. The van der Waals surface area contributed by atoms with Crippen molar-refractivity contribution in [2.24, 2.45) is 0 Å². The molecule has 1 heterocycles.